The smallest absolute Gasteiger partial charge is 0.196 e. The second-order valence-corrected chi connectivity index (χ2v) is 3.86. The van der Waals surface area contributed by atoms with Gasteiger partial charge < -0.3 is 4.42 Å². The summed E-state index contributed by atoms with van der Waals surface area (Å²) in [5.41, 5.74) is 3.03. The normalized spacial score (nSPS) is 10.7. The molecule has 0 aliphatic heterocycles. The Morgan fingerprint density at radius 1 is 1.22 bits per heavy atom. The highest BCUT2D eigenvalue weighted by atomic mass is 16.3. The molecule has 0 N–H and O–H groups in total. The summed E-state index contributed by atoms with van der Waals surface area (Å²) in [6.07, 6.45) is 2.97. The molecule has 5 nitrogen and oxygen atoms in total. The number of aromatic nitrogens is 3. The molecule has 0 aliphatic rings. The molecule has 3 rings (SSSR count). The van der Waals surface area contributed by atoms with E-state index in [0.717, 1.165) is 11.1 Å². The number of hydrogen-bond donors (Lipinski definition) is 0. The molecule has 2 heterocycles. The molecule has 0 aliphatic carbocycles. The van der Waals surface area contributed by atoms with Crippen molar-refractivity contribution in [3.05, 3.63) is 42.7 Å². The van der Waals surface area contributed by atoms with Gasteiger partial charge in [-0.2, -0.15) is 0 Å². The van der Waals surface area contributed by atoms with Crippen LogP contribution in [0.5, 0.6) is 0 Å². The summed E-state index contributed by atoms with van der Waals surface area (Å²) in [5.74, 6) is 0.0581. The van der Waals surface area contributed by atoms with E-state index in [0.29, 0.717) is 11.3 Å². The van der Waals surface area contributed by atoms with Crippen molar-refractivity contribution >= 4 is 16.9 Å². The van der Waals surface area contributed by atoms with Gasteiger partial charge >= 0.3 is 0 Å². The minimum Gasteiger partial charge on any atom is -0.443 e. The van der Waals surface area contributed by atoms with Crippen molar-refractivity contribution in [3.8, 4) is 11.3 Å². The molecule has 0 atom stereocenters. The van der Waals surface area contributed by atoms with Crippen LogP contribution in [0.4, 0.5) is 0 Å². The molecule has 0 radical (unpaired) electrons. The van der Waals surface area contributed by atoms with Crippen LogP contribution >= 0.6 is 0 Å². The zero-order valence-corrected chi connectivity index (χ0v) is 9.62. The predicted molar refractivity (Wildman–Crippen MR) is 65.0 cm³/mol. The summed E-state index contributed by atoms with van der Waals surface area (Å²) in [4.78, 5) is 23.4. The van der Waals surface area contributed by atoms with E-state index in [2.05, 4.69) is 15.0 Å². The molecule has 1 aromatic carbocycles. The maximum absolute atomic E-state index is 11.2. The average Bonchev–Trinajstić information content (AvgIpc) is 2.86. The van der Waals surface area contributed by atoms with Gasteiger partial charge in [-0.15, -0.1) is 0 Å². The van der Waals surface area contributed by atoms with Crippen molar-refractivity contribution < 1.29 is 9.21 Å². The lowest BCUT2D eigenvalue weighted by molar-refractivity contribution is 0.100. The first-order valence-electron chi connectivity index (χ1n) is 5.41. The highest BCUT2D eigenvalue weighted by molar-refractivity contribution is 5.90. The third-order valence-electron chi connectivity index (χ3n) is 2.60. The highest BCUT2D eigenvalue weighted by Gasteiger charge is 2.07. The van der Waals surface area contributed by atoms with Gasteiger partial charge in [-0.05, 0) is 18.2 Å². The van der Waals surface area contributed by atoms with Crippen molar-refractivity contribution in [2.24, 2.45) is 0 Å². The maximum Gasteiger partial charge on any atom is 0.196 e. The Hall–Kier alpha value is -2.56. The minimum atomic E-state index is -0.155. The van der Waals surface area contributed by atoms with Crippen molar-refractivity contribution in [2.45, 2.75) is 6.92 Å². The molecule has 88 valence electrons. The standard InChI is InChI=1S/C13H9N3O2/c1-8(17)13-14-5-4-10(16-13)9-2-3-11-12(6-9)18-7-15-11/h2-7H,1H3. The topological polar surface area (TPSA) is 68.9 Å². The Balaban J connectivity index is 2.13. The molecule has 0 bridgehead atoms. The van der Waals surface area contributed by atoms with Gasteiger partial charge in [0.25, 0.3) is 0 Å². The van der Waals surface area contributed by atoms with Crippen molar-refractivity contribution in [3.63, 3.8) is 0 Å². The maximum atomic E-state index is 11.2. The molecule has 0 saturated carbocycles. The monoisotopic (exact) mass is 239 g/mol. The zero-order chi connectivity index (χ0) is 12.5. The number of rotatable bonds is 2. The van der Waals surface area contributed by atoms with Crippen LogP contribution < -0.4 is 0 Å². The Bertz CT molecular complexity index is 734. The Labute approximate surface area is 103 Å². The SMILES string of the molecule is CC(=O)c1nccc(-c2ccc3ncoc3c2)n1. The van der Waals surface area contributed by atoms with Gasteiger partial charge in [0, 0.05) is 18.7 Å². The number of ketones is 1. The van der Waals surface area contributed by atoms with E-state index in [9.17, 15) is 4.79 Å². The molecule has 0 saturated heterocycles. The second-order valence-electron chi connectivity index (χ2n) is 3.86. The number of carbonyl (C=O) groups is 1. The van der Waals surface area contributed by atoms with E-state index in [1.807, 2.05) is 18.2 Å². The lowest BCUT2D eigenvalue weighted by Gasteiger charge is -2.01. The fourth-order valence-electron chi connectivity index (χ4n) is 1.70. The fourth-order valence-corrected chi connectivity index (χ4v) is 1.70. The van der Waals surface area contributed by atoms with Gasteiger partial charge in [0.05, 0.1) is 5.69 Å². The number of hydrogen-bond acceptors (Lipinski definition) is 5. The number of nitrogens with zero attached hydrogens (tertiary/aromatic N) is 3. The van der Waals surface area contributed by atoms with Gasteiger partial charge in [0.2, 0.25) is 0 Å². The van der Waals surface area contributed by atoms with Crippen LogP contribution in [0, 0.1) is 0 Å². The number of oxazole rings is 1. The lowest BCUT2D eigenvalue weighted by atomic mass is 10.1. The second kappa shape index (κ2) is 4.03. The summed E-state index contributed by atoms with van der Waals surface area (Å²) in [6.45, 7) is 1.44. The third-order valence-corrected chi connectivity index (χ3v) is 2.60. The van der Waals surface area contributed by atoms with E-state index in [1.165, 1.54) is 13.3 Å². The van der Waals surface area contributed by atoms with Gasteiger partial charge in [-0.1, -0.05) is 6.07 Å². The first-order valence-corrected chi connectivity index (χ1v) is 5.41. The van der Waals surface area contributed by atoms with Crippen LogP contribution in [0.3, 0.4) is 0 Å². The molecule has 18 heavy (non-hydrogen) atoms. The van der Waals surface area contributed by atoms with E-state index in [-0.39, 0.29) is 11.6 Å². The molecule has 0 spiro atoms. The summed E-state index contributed by atoms with van der Waals surface area (Å²) < 4.78 is 5.24. The van der Waals surface area contributed by atoms with Crippen LogP contribution in [-0.2, 0) is 0 Å². The average molecular weight is 239 g/mol. The largest absolute Gasteiger partial charge is 0.443 e. The summed E-state index contributed by atoms with van der Waals surface area (Å²) in [6, 6.07) is 7.33. The van der Waals surface area contributed by atoms with Gasteiger partial charge in [-0.25, -0.2) is 15.0 Å². The fraction of sp³-hybridized carbons (Fsp3) is 0.0769. The summed E-state index contributed by atoms with van der Waals surface area (Å²) in [7, 11) is 0. The molecule has 0 fully saturated rings. The van der Waals surface area contributed by atoms with Gasteiger partial charge in [-0.3, -0.25) is 4.79 Å². The molecule has 3 aromatic rings. The van der Waals surface area contributed by atoms with E-state index >= 15 is 0 Å². The molecule has 2 aromatic heterocycles. The Morgan fingerprint density at radius 3 is 2.94 bits per heavy atom. The molecule has 0 amide bonds. The van der Waals surface area contributed by atoms with Crippen LogP contribution in [0.15, 0.2) is 41.3 Å². The first kappa shape index (κ1) is 10.6. The van der Waals surface area contributed by atoms with Gasteiger partial charge in [0.15, 0.2) is 23.6 Å². The van der Waals surface area contributed by atoms with Crippen LogP contribution in [-0.4, -0.2) is 20.7 Å². The number of Topliss-reactive ketones (excluding diaryl/α,β-unsaturated/α-hetero) is 1. The van der Waals surface area contributed by atoms with E-state index in [1.54, 1.807) is 12.3 Å². The molecular weight excluding hydrogens is 230 g/mol. The Morgan fingerprint density at radius 2 is 2.11 bits per heavy atom. The Kier molecular flexibility index (Phi) is 2.37. The van der Waals surface area contributed by atoms with Crippen molar-refractivity contribution in [2.75, 3.05) is 0 Å². The van der Waals surface area contributed by atoms with E-state index < -0.39 is 0 Å². The number of fused-ring (bicyclic) bond motifs is 1. The van der Waals surface area contributed by atoms with Gasteiger partial charge in [0.1, 0.15) is 5.52 Å². The zero-order valence-electron chi connectivity index (χ0n) is 9.62. The number of carbonyl (C=O) groups excluding carboxylic acids is 1. The van der Waals surface area contributed by atoms with Crippen LogP contribution in [0.1, 0.15) is 17.5 Å². The number of benzene rings is 1. The first-order chi connectivity index (χ1) is 8.74. The van der Waals surface area contributed by atoms with Crippen LogP contribution in [0.2, 0.25) is 0 Å². The third kappa shape index (κ3) is 1.75. The summed E-state index contributed by atoms with van der Waals surface area (Å²) >= 11 is 0. The quantitative estimate of drug-likeness (QED) is 0.642. The predicted octanol–water partition coefficient (Wildman–Crippen LogP) is 2.49. The van der Waals surface area contributed by atoms with Crippen molar-refractivity contribution in [1.29, 1.82) is 0 Å². The molecular formula is C13H9N3O2. The lowest BCUT2D eigenvalue weighted by Crippen LogP contribution is -2.01. The molecule has 5 heteroatoms. The highest BCUT2D eigenvalue weighted by Crippen LogP contribution is 2.22. The van der Waals surface area contributed by atoms with Crippen LogP contribution in [0.25, 0.3) is 22.4 Å². The van der Waals surface area contributed by atoms with Crippen molar-refractivity contribution in [1.82, 2.24) is 15.0 Å². The molecule has 0 unspecified atom stereocenters. The van der Waals surface area contributed by atoms with E-state index in [4.69, 9.17) is 4.42 Å². The minimum absolute atomic E-state index is 0.155. The summed E-state index contributed by atoms with van der Waals surface area (Å²) in [5, 5.41) is 0.